The number of hydrogen-bond donors (Lipinski definition) is 1. The fourth-order valence-corrected chi connectivity index (χ4v) is 2.93. The van der Waals surface area contributed by atoms with E-state index >= 15 is 0 Å². The Hall–Kier alpha value is -1.36. The third kappa shape index (κ3) is 4.06. The molecule has 0 bridgehead atoms. The van der Waals surface area contributed by atoms with Crippen molar-refractivity contribution < 1.29 is 4.74 Å². The van der Waals surface area contributed by atoms with Crippen LogP contribution in [0.1, 0.15) is 45.1 Å². The maximum absolute atomic E-state index is 5.45. The predicted molar refractivity (Wildman–Crippen MR) is 87.1 cm³/mol. The van der Waals surface area contributed by atoms with E-state index in [1.165, 1.54) is 5.56 Å². The van der Waals surface area contributed by atoms with Crippen LogP contribution in [0.3, 0.4) is 0 Å². The average Bonchev–Trinajstić information content (AvgIpc) is 2.48. The van der Waals surface area contributed by atoms with Gasteiger partial charge in [-0.1, -0.05) is 13.8 Å². The van der Waals surface area contributed by atoms with Gasteiger partial charge in [-0.3, -0.25) is 0 Å². The van der Waals surface area contributed by atoms with E-state index in [4.69, 9.17) is 4.74 Å². The van der Waals surface area contributed by atoms with E-state index in [9.17, 15) is 0 Å². The number of ether oxygens (including phenoxy) is 1. The summed E-state index contributed by atoms with van der Waals surface area (Å²) in [6.45, 7) is 10.2. The molecule has 1 fully saturated rings. The van der Waals surface area contributed by atoms with E-state index in [-0.39, 0.29) is 0 Å². The van der Waals surface area contributed by atoms with Crippen molar-refractivity contribution in [1.29, 1.82) is 0 Å². The molecule has 5 nitrogen and oxygen atoms in total. The first-order valence-corrected chi connectivity index (χ1v) is 8.01. The third-order valence-electron chi connectivity index (χ3n) is 4.02. The molecule has 1 N–H and O–H groups in total. The lowest BCUT2D eigenvalue weighted by Gasteiger charge is -2.30. The lowest BCUT2D eigenvalue weighted by Crippen LogP contribution is -2.31. The van der Waals surface area contributed by atoms with Gasteiger partial charge in [0.25, 0.3) is 0 Å². The molecule has 21 heavy (non-hydrogen) atoms. The van der Waals surface area contributed by atoms with Crippen molar-refractivity contribution in [2.75, 3.05) is 43.6 Å². The van der Waals surface area contributed by atoms with Crippen LogP contribution in [0.25, 0.3) is 0 Å². The number of aromatic nitrogens is 2. The van der Waals surface area contributed by atoms with Crippen LogP contribution in [0.5, 0.6) is 0 Å². The maximum atomic E-state index is 5.45. The smallest absolute Gasteiger partial charge is 0.137 e. The minimum Gasteiger partial charge on any atom is -0.381 e. The standard InChI is InChI=1S/C16H28N4O/c1-5-17-15-14(12(2)3)16(19-11-18-15)20(4)10-13-6-8-21-9-7-13/h11-13H,5-10H2,1-4H3,(H,17,18,19). The van der Waals surface area contributed by atoms with Gasteiger partial charge >= 0.3 is 0 Å². The van der Waals surface area contributed by atoms with Gasteiger partial charge in [-0.25, -0.2) is 9.97 Å². The molecule has 0 atom stereocenters. The van der Waals surface area contributed by atoms with Gasteiger partial charge in [0.1, 0.15) is 18.0 Å². The van der Waals surface area contributed by atoms with Crippen molar-refractivity contribution in [2.45, 2.75) is 39.5 Å². The molecular weight excluding hydrogens is 264 g/mol. The average molecular weight is 292 g/mol. The van der Waals surface area contributed by atoms with Gasteiger partial charge in [0, 0.05) is 38.9 Å². The summed E-state index contributed by atoms with van der Waals surface area (Å²) in [6.07, 6.45) is 3.96. The Kier molecular flexibility index (Phi) is 5.79. The first-order valence-electron chi connectivity index (χ1n) is 8.01. The molecule has 5 heteroatoms. The molecule has 0 unspecified atom stereocenters. The van der Waals surface area contributed by atoms with E-state index < -0.39 is 0 Å². The summed E-state index contributed by atoms with van der Waals surface area (Å²) >= 11 is 0. The second-order valence-corrected chi connectivity index (χ2v) is 6.08. The highest BCUT2D eigenvalue weighted by molar-refractivity contribution is 5.60. The van der Waals surface area contributed by atoms with Gasteiger partial charge in [0.05, 0.1) is 0 Å². The Morgan fingerprint density at radius 2 is 2.05 bits per heavy atom. The van der Waals surface area contributed by atoms with Crippen LogP contribution in [0, 0.1) is 5.92 Å². The molecule has 2 heterocycles. The van der Waals surface area contributed by atoms with Crippen LogP contribution in [-0.4, -0.2) is 43.3 Å². The Bertz CT molecular complexity index is 444. The predicted octanol–water partition coefficient (Wildman–Crippen LogP) is 2.89. The molecule has 2 rings (SSSR count). The highest BCUT2D eigenvalue weighted by Crippen LogP contribution is 2.31. The molecule has 1 aliphatic rings. The highest BCUT2D eigenvalue weighted by Gasteiger charge is 2.21. The zero-order chi connectivity index (χ0) is 15.2. The summed E-state index contributed by atoms with van der Waals surface area (Å²) < 4.78 is 5.45. The summed E-state index contributed by atoms with van der Waals surface area (Å²) in [5, 5.41) is 3.36. The van der Waals surface area contributed by atoms with Gasteiger partial charge in [-0.05, 0) is 31.6 Å². The molecule has 0 aliphatic carbocycles. The van der Waals surface area contributed by atoms with E-state index in [1.807, 2.05) is 0 Å². The molecule has 118 valence electrons. The molecule has 0 radical (unpaired) electrons. The zero-order valence-electron chi connectivity index (χ0n) is 13.7. The summed E-state index contributed by atoms with van der Waals surface area (Å²) in [7, 11) is 2.14. The largest absolute Gasteiger partial charge is 0.381 e. The Balaban J connectivity index is 2.18. The SMILES string of the molecule is CCNc1ncnc(N(C)CC2CCOCC2)c1C(C)C. The van der Waals surface area contributed by atoms with Crippen LogP contribution in [0.15, 0.2) is 6.33 Å². The molecule has 0 saturated carbocycles. The fraction of sp³-hybridized carbons (Fsp3) is 0.750. The number of hydrogen-bond acceptors (Lipinski definition) is 5. The highest BCUT2D eigenvalue weighted by atomic mass is 16.5. The lowest BCUT2D eigenvalue weighted by atomic mass is 9.99. The monoisotopic (exact) mass is 292 g/mol. The normalized spacial score (nSPS) is 16.2. The second-order valence-electron chi connectivity index (χ2n) is 6.08. The summed E-state index contributed by atoms with van der Waals surface area (Å²) in [4.78, 5) is 11.2. The molecular formula is C16H28N4O. The zero-order valence-corrected chi connectivity index (χ0v) is 13.7. The molecule has 1 aliphatic heterocycles. The van der Waals surface area contributed by atoms with Gasteiger partial charge in [0.2, 0.25) is 0 Å². The Labute approximate surface area is 128 Å². The fourth-order valence-electron chi connectivity index (χ4n) is 2.93. The minimum absolute atomic E-state index is 0.396. The number of anilines is 2. The molecule has 1 aromatic heterocycles. The van der Waals surface area contributed by atoms with E-state index in [2.05, 4.69) is 48.0 Å². The topological polar surface area (TPSA) is 50.3 Å². The first kappa shape index (κ1) is 16.0. The number of nitrogens with one attached hydrogen (secondary N) is 1. The van der Waals surface area contributed by atoms with Crippen LogP contribution < -0.4 is 10.2 Å². The molecule has 1 saturated heterocycles. The molecule has 0 spiro atoms. The van der Waals surface area contributed by atoms with Crippen LogP contribution >= 0.6 is 0 Å². The molecule has 0 aromatic carbocycles. The second kappa shape index (κ2) is 7.59. The van der Waals surface area contributed by atoms with Gasteiger partial charge in [-0.2, -0.15) is 0 Å². The van der Waals surface area contributed by atoms with Crippen molar-refractivity contribution in [2.24, 2.45) is 5.92 Å². The Morgan fingerprint density at radius 1 is 1.33 bits per heavy atom. The van der Waals surface area contributed by atoms with E-state index in [1.54, 1.807) is 6.33 Å². The van der Waals surface area contributed by atoms with Crippen molar-refractivity contribution in [1.82, 2.24) is 9.97 Å². The summed E-state index contributed by atoms with van der Waals surface area (Å²) in [5.41, 5.74) is 1.22. The quantitative estimate of drug-likeness (QED) is 0.873. The van der Waals surface area contributed by atoms with Crippen molar-refractivity contribution in [3.05, 3.63) is 11.9 Å². The van der Waals surface area contributed by atoms with Crippen LogP contribution in [-0.2, 0) is 4.74 Å². The first-order chi connectivity index (χ1) is 10.1. The number of nitrogens with zero attached hydrogens (tertiary/aromatic N) is 3. The van der Waals surface area contributed by atoms with E-state index in [0.717, 1.165) is 50.8 Å². The molecule has 1 aromatic rings. The van der Waals surface area contributed by atoms with Gasteiger partial charge in [0.15, 0.2) is 0 Å². The van der Waals surface area contributed by atoms with Crippen LogP contribution in [0.2, 0.25) is 0 Å². The number of rotatable bonds is 6. The lowest BCUT2D eigenvalue weighted by molar-refractivity contribution is 0.0685. The van der Waals surface area contributed by atoms with Crippen molar-refractivity contribution in [3.63, 3.8) is 0 Å². The van der Waals surface area contributed by atoms with Gasteiger partial charge < -0.3 is 15.0 Å². The van der Waals surface area contributed by atoms with Crippen LogP contribution in [0.4, 0.5) is 11.6 Å². The minimum atomic E-state index is 0.396. The molecule has 0 amide bonds. The maximum Gasteiger partial charge on any atom is 0.137 e. The van der Waals surface area contributed by atoms with Crippen molar-refractivity contribution in [3.8, 4) is 0 Å². The van der Waals surface area contributed by atoms with E-state index in [0.29, 0.717) is 11.8 Å². The third-order valence-corrected chi connectivity index (χ3v) is 4.02. The summed E-state index contributed by atoms with van der Waals surface area (Å²) in [5.74, 6) is 3.12. The van der Waals surface area contributed by atoms with Gasteiger partial charge in [-0.15, -0.1) is 0 Å². The Morgan fingerprint density at radius 3 is 2.67 bits per heavy atom. The van der Waals surface area contributed by atoms with Crippen molar-refractivity contribution >= 4 is 11.6 Å². The summed E-state index contributed by atoms with van der Waals surface area (Å²) in [6, 6.07) is 0.